The van der Waals surface area contributed by atoms with E-state index in [1.54, 1.807) is 19.2 Å². The summed E-state index contributed by atoms with van der Waals surface area (Å²) in [7, 11) is 1.62. The fourth-order valence-corrected chi connectivity index (χ4v) is 2.23. The Morgan fingerprint density at radius 1 is 1.16 bits per heavy atom. The molecule has 4 heteroatoms. The fraction of sp³-hybridized carbons (Fsp3) is 0.0667. The third kappa shape index (κ3) is 1.78. The summed E-state index contributed by atoms with van der Waals surface area (Å²) < 4.78 is 5.31. The van der Waals surface area contributed by atoms with Gasteiger partial charge in [-0.1, -0.05) is 12.1 Å². The molecule has 2 aromatic carbocycles. The lowest BCUT2D eigenvalue weighted by Crippen LogP contribution is -1.88. The molecular weight excluding hydrogens is 240 g/mol. The van der Waals surface area contributed by atoms with Crippen LogP contribution in [0.4, 0.5) is 5.69 Å². The summed E-state index contributed by atoms with van der Waals surface area (Å²) >= 11 is 0. The number of H-pyrrole nitrogens is 1. The molecule has 3 aromatic rings. The first kappa shape index (κ1) is 11.5. The molecule has 0 saturated heterocycles. The lowest BCUT2D eigenvalue weighted by molar-refractivity contribution is 0.419. The Morgan fingerprint density at radius 3 is 2.68 bits per heavy atom. The van der Waals surface area contributed by atoms with Crippen LogP contribution in [0, 0.1) is 0 Å². The van der Waals surface area contributed by atoms with Crippen molar-refractivity contribution in [3.8, 4) is 22.8 Å². The number of hydrogen-bond acceptors (Lipinski definition) is 3. The number of rotatable bonds is 2. The molecule has 3 rings (SSSR count). The van der Waals surface area contributed by atoms with Gasteiger partial charge in [-0.3, -0.25) is 0 Å². The standard InChI is InChI=1S/C15H14N2O2/c1-19-14-7-6-11(16)10-8-12(17-15(10)14)9-4-2-3-5-13(9)18/h2-8,17-18H,16H2,1H3. The number of phenols is 1. The number of phenolic OH excluding ortho intramolecular Hbond substituents is 1. The highest BCUT2D eigenvalue weighted by Crippen LogP contribution is 2.36. The van der Waals surface area contributed by atoms with E-state index in [-0.39, 0.29) is 5.75 Å². The van der Waals surface area contributed by atoms with Gasteiger partial charge < -0.3 is 20.6 Å². The van der Waals surface area contributed by atoms with Gasteiger partial charge in [-0.2, -0.15) is 0 Å². The van der Waals surface area contributed by atoms with Gasteiger partial charge in [-0.05, 0) is 30.3 Å². The van der Waals surface area contributed by atoms with E-state index >= 15 is 0 Å². The van der Waals surface area contributed by atoms with Crippen LogP contribution in [0.3, 0.4) is 0 Å². The number of hydrogen-bond donors (Lipinski definition) is 3. The maximum Gasteiger partial charge on any atom is 0.143 e. The number of benzene rings is 2. The minimum Gasteiger partial charge on any atom is -0.507 e. The van der Waals surface area contributed by atoms with Gasteiger partial charge in [0.05, 0.1) is 18.3 Å². The van der Waals surface area contributed by atoms with Crippen molar-refractivity contribution < 1.29 is 9.84 Å². The first-order valence-corrected chi connectivity index (χ1v) is 5.94. The Kier molecular flexibility index (Phi) is 2.56. The minimum atomic E-state index is 0.228. The number of aromatic hydroxyl groups is 1. The molecule has 0 spiro atoms. The Bertz CT molecular complexity index is 747. The summed E-state index contributed by atoms with van der Waals surface area (Å²) in [5.41, 5.74) is 9.03. The maximum atomic E-state index is 9.90. The van der Waals surface area contributed by atoms with Gasteiger partial charge >= 0.3 is 0 Å². The van der Waals surface area contributed by atoms with Crippen LogP contribution in [0.15, 0.2) is 42.5 Å². The second-order valence-electron chi connectivity index (χ2n) is 4.35. The van der Waals surface area contributed by atoms with Gasteiger partial charge in [0.2, 0.25) is 0 Å². The fourth-order valence-electron chi connectivity index (χ4n) is 2.23. The van der Waals surface area contributed by atoms with Crippen LogP contribution in [0.1, 0.15) is 0 Å². The van der Waals surface area contributed by atoms with E-state index in [2.05, 4.69) is 4.98 Å². The van der Waals surface area contributed by atoms with Gasteiger partial charge in [0.1, 0.15) is 11.5 Å². The molecule has 0 atom stereocenters. The predicted octanol–water partition coefficient (Wildman–Crippen LogP) is 3.13. The Morgan fingerprint density at radius 2 is 1.95 bits per heavy atom. The highest BCUT2D eigenvalue weighted by molar-refractivity contribution is 5.98. The zero-order chi connectivity index (χ0) is 13.4. The van der Waals surface area contributed by atoms with Crippen molar-refractivity contribution in [1.29, 1.82) is 0 Å². The number of fused-ring (bicyclic) bond motifs is 1. The molecule has 96 valence electrons. The molecule has 0 saturated carbocycles. The van der Waals surface area contributed by atoms with Gasteiger partial charge in [0.15, 0.2) is 0 Å². The van der Waals surface area contributed by atoms with E-state index in [0.717, 1.165) is 27.9 Å². The molecule has 1 heterocycles. The quantitative estimate of drug-likeness (QED) is 0.615. The summed E-state index contributed by atoms with van der Waals surface area (Å²) in [6.07, 6.45) is 0. The van der Waals surface area contributed by atoms with Gasteiger partial charge in [0.25, 0.3) is 0 Å². The molecular formula is C15H14N2O2. The summed E-state index contributed by atoms with van der Waals surface area (Å²) in [5, 5.41) is 10.8. The smallest absolute Gasteiger partial charge is 0.143 e. The van der Waals surface area contributed by atoms with Crippen molar-refractivity contribution in [3.63, 3.8) is 0 Å². The number of aromatic nitrogens is 1. The molecule has 0 bridgehead atoms. The summed E-state index contributed by atoms with van der Waals surface area (Å²) in [6, 6.07) is 12.7. The molecule has 0 radical (unpaired) electrons. The molecule has 0 amide bonds. The van der Waals surface area contributed by atoms with Crippen LogP contribution in [0.5, 0.6) is 11.5 Å². The maximum absolute atomic E-state index is 9.90. The topological polar surface area (TPSA) is 71.3 Å². The number of ether oxygens (including phenoxy) is 1. The van der Waals surface area contributed by atoms with Crippen molar-refractivity contribution in [2.75, 3.05) is 12.8 Å². The summed E-state index contributed by atoms with van der Waals surface area (Å²) in [5.74, 6) is 0.956. The van der Waals surface area contributed by atoms with Crippen LogP contribution >= 0.6 is 0 Å². The van der Waals surface area contributed by atoms with Gasteiger partial charge in [-0.25, -0.2) is 0 Å². The normalized spacial score (nSPS) is 10.8. The predicted molar refractivity (Wildman–Crippen MR) is 76.4 cm³/mol. The van der Waals surface area contributed by atoms with Crippen LogP contribution in [0.2, 0.25) is 0 Å². The minimum absolute atomic E-state index is 0.228. The molecule has 0 aliphatic heterocycles. The van der Waals surface area contributed by atoms with Crippen LogP contribution in [0.25, 0.3) is 22.2 Å². The second-order valence-corrected chi connectivity index (χ2v) is 4.35. The molecule has 4 N–H and O–H groups in total. The summed E-state index contributed by atoms with van der Waals surface area (Å²) in [6.45, 7) is 0. The number of aromatic amines is 1. The average Bonchev–Trinajstić information content (AvgIpc) is 2.85. The molecule has 0 aliphatic rings. The Labute approximate surface area is 110 Å². The van der Waals surface area contributed by atoms with E-state index in [1.165, 1.54) is 0 Å². The number of para-hydroxylation sites is 1. The number of anilines is 1. The Hall–Kier alpha value is -2.62. The molecule has 0 unspecified atom stereocenters. The van der Waals surface area contributed by atoms with Crippen molar-refractivity contribution in [1.82, 2.24) is 4.98 Å². The lowest BCUT2D eigenvalue weighted by Gasteiger charge is -2.03. The molecule has 0 aliphatic carbocycles. The first-order valence-electron chi connectivity index (χ1n) is 5.94. The zero-order valence-electron chi connectivity index (χ0n) is 10.5. The monoisotopic (exact) mass is 254 g/mol. The highest BCUT2D eigenvalue weighted by atomic mass is 16.5. The zero-order valence-corrected chi connectivity index (χ0v) is 10.5. The summed E-state index contributed by atoms with van der Waals surface area (Å²) in [4.78, 5) is 3.25. The van der Waals surface area contributed by atoms with E-state index in [1.807, 2.05) is 30.3 Å². The van der Waals surface area contributed by atoms with Gasteiger partial charge in [-0.15, -0.1) is 0 Å². The molecule has 0 fully saturated rings. The largest absolute Gasteiger partial charge is 0.507 e. The number of nitrogens with one attached hydrogen (secondary N) is 1. The van der Waals surface area contributed by atoms with Crippen molar-refractivity contribution in [2.24, 2.45) is 0 Å². The SMILES string of the molecule is COc1ccc(N)c2cc(-c3ccccc3O)[nH]c12. The van der Waals surface area contributed by atoms with E-state index in [4.69, 9.17) is 10.5 Å². The van der Waals surface area contributed by atoms with Gasteiger partial charge in [0, 0.05) is 16.6 Å². The first-order chi connectivity index (χ1) is 9.20. The van der Waals surface area contributed by atoms with E-state index < -0.39 is 0 Å². The highest BCUT2D eigenvalue weighted by Gasteiger charge is 2.11. The Balaban J connectivity index is 2.28. The third-order valence-electron chi connectivity index (χ3n) is 3.20. The number of nitrogens with two attached hydrogens (primary N) is 1. The van der Waals surface area contributed by atoms with Crippen LogP contribution in [-0.4, -0.2) is 17.2 Å². The third-order valence-corrected chi connectivity index (χ3v) is 3.20. The van der Waals surface area contributed by atoms with Crippen molar-refractivity contribution >= 4 is 16.6 Å². The van der Waals surface area contributed by atoms with E-state index in [9.17, 15) is 5.11 Å². The second kappa shape index (κ2) is 4.24. The van der Waals surface area contributed by atoms with Crippen molar-refractivity contribution in [3.05, 3.63) is 42.5 Å². The number of methoxy groups -OCH3 is 1. The molecule has 1 aromatic heterocycles. The van der Waals surface area contributed by atoms with Crippen molar-refractivity contribution in [2.45, 2.75) is 0 Å². The molecule has 19 heavy (non-hydrogen) atoms. The van der Waals surface area contributed by atoms with E-state index in [0.29, 0.717) is 5.69 Å². The molecule has 4 nitrogen and oxygen atoms in total. The van der Waals surface area contributed by atoms with Crippen LogP contribution in [-0.2, 0) is 0 Å². The number of nitrogen functional groups attached to an aromatic ring is 1. The van der Waals surface area contributed by atoms with Crippen LogP contribution < -0.4 is 10.5 Å². The average molecular weight is 254 g/mol. The lowest BCUT2D eigenvalue weighted by atomic mass is 10.1.